The maximum Gasteiger partial charge on any atom is 0.196 e. The second-order valence-electron chi connectivity index (χ2n) is 4.15. The van der Waals surface area contributed by atoms with Gasteiger partial charge in [-0.05, 0) is 39.0 Å². The molecule has 0 aliphatic heterocycles. The molecular weight excluding hydrogens is 200 g/mol. The summed E-state index contributed by atoms with van der Waals surface area (Å²) in [7, 11) is 0. The summed E-state index contributed by atoms with van der Waals surface area (Å²) in [6.45, 7) is 5.81. The molecule has 16 heavy (non-hydrogen) atoms. The van der Waals surface area contributed by atoms with Gasteiger partial charge in [0.2, 0.25) is 0 Å². The van der Waals surface area contributed by atoms with Crippen LogP contribution in [-0.4, -0.2) is 5.78 Å². The van der Waals surface area contributed by atoms with Crippen LogP contribution in [0.4, 0.5) is 0 Å². The third kappa shape index (κ3) is 2.06. The molecule has 0 aliphatic carbocycles. The largest absolute Gasteiger partial charge is 0.469 e. The van der Waals surface area contributed by atoms with Crippen molar-refractivity contribution in [3.05, 3.63) is 58.5 Å². The summed E-state index contributed by atoms with van der Waals surface area (Å²) in [6.07, 6.45) is 1.51. The zero-order valence-corrected chi connectivity index (χ0v) is 9.70. The zero-order valence-electron chi connectivity index (χ0n) is 9.70. The molecule has 0 fully saturated rings. The zero-order chi connectivity index (χ0) is 11.7. The first-order valence-corrected chi connectivity index (χ1v) is 5.24. The van der Waals surface area contributed by atoms with Gasteiger partial charge in [0.15, 0.2) is 5.78 Å². The van der Waals surface area contributed by atoms with Crippen LogP contribution >= 0.6 is 0 Å². The third-order valence-electron chi connectivity index (χ3n) is 2.48. The van der Waals surface area contributed by atoms with Gasteiger partial charge in [-0.3, -0.25) is 4.79 Å². The molecule has 0 radical (unpaired) electrons. The molecule has 0 spiro atoms. The van der Waals surface area contributed by atoms with Crippen molar-refractivity contribution in [1.29, 1.82) is 0 Å². The van der Waals surface area contributed by atoms with Crippen LogP contribution in [0.1, 0.15) is 32.8 Å². The Balaban J connectivity index is 2.41. The van der Waals surface area contributed by atoms with E-state index >= 15 is 0 Å². The number of benzene rings is 1. The van der Waals surface area contributed by atoms with Crippen molar-refractivity contribution in [2.75, 3.05) is 0 Å². The molecule has 0 aliphatic rings. The van der Waals surface area contributed by atoms with Gasteiger partial charge in [-0.25, -0.2) is 0 Å². The van der Waals surface area contributed by atoms with Crippen LogP contribution < -0.4 is 0 Å². The molecule has 0 N–H and O–H groups in total. The summed E-state index contributed by atoms with van der Waals surface area (Å²) < 4.78 is 5.15. The van der Waals surface area contributed by atoms with E-state index in [1.54, 1.807) is 6.07 Å². The fourth-order valence-electron chi connectivity index (χ4n) is 1.83. The molecule has 2 heteroatoms. The molecule has 82 valence electrons. The second kappa shape index (κ2) is 3.97. The average molecular weight is 214 g/mol. The lowest BCUT2D eigenvalue weighted by Gasteiger charge is -2.02. The van der Waals surface area contributed by atoms with Gasteiger partial charge in [0.1, 0.15) is 12.0 Å². The topological polar surface area (TPSA) is 30.2 Å². The van der Waals surface area contributed by atoms with Gasteiger partial charge in [-0.15, -0.1) is 0 Å². The van der Waals surface area contributed by atoms with E-state index in [0.717, 1.165) is 22.5 Å². The van der Waals surface area contributed by atoms with Crippen LogP contribution in [0, 0.1) is 20.8 Å². The lowest BCUT2D eigenvalue weighted by atomic mass is 10.0. The van der Waals surface area contributed by atoms with E-state index in [0.29, 0.717) is 5.56 Å². The SMILES string of the molecule is Cc1cc(C)cc(C(=O)c2coc(C)c2)c1. The van der Waals surface area contributed by atoms with E-state index in [4.69, 9.17) is 4.42 Å². The molecule has 0 unspecified atom stereocenters. The summed E-state index contributed by atoms with van der Waals surface area (Å²) in [5, 5.41) is 0. The number of carbonyl (C=O) groups excluding carboxylic acids is 1. The first kappa shape index (κ1) is 10.7. The van der Waals surface area contributed by atoms with E-state index < -0.39 is 0 Å². The predicted molar refractivity (Wildman–Crippen MR) is 62.8 cm³/mol. The molecule has 1 aromatic carbocycles. The normalized spacial score (nSPS) is 10.4. The smallest absolute Gasteiger partial charge is 0.196 e. The van der Waals surface area contributed by atoms with Gasteiger partial charge in [-0.2, -0.15) is 0 Å². The maximum atomic E-state index is 12.1. The molecule has 2 nitrogen and oxygen atoms in total. The maximum absolute atomic E-state index is 12.1. The van der Waals surface area contributed by atoms with Crippen LogP contribution in [0.2, 0.25) is 0 Å². The molecule has 1 aromatic heterocycles. The van der Waals surface area contributed by atoms with Gasteiger partial charge in [-0.1, -0.05) is 17.2 Å². The Morgan fingerprint density at radius 1 is 0.938 bits per heavy atom. The minimum absolute atomic E-state index is 0.0173. The Bertz CT molecular complexity index is 515. The molecule has 0 amide bonds. The molecule has 2 aromatic rings. The first-order chi connectivity index (χ1) is 7.56. The van der Waals surface area contributed by atoms with Gasteiger partial charge in [0.05, 0.1) is 5.56 Å². The fraction of sp³-hybridized carbons (Fsp3) is 0.214. The highest BCUT2D eigenvalue weighted by atomic mass is 16.3. The molecule has 0 saturated carbocycles. The van der Waals surface area contributed by atoms with Crippen molar-refractivity contribution in [3.8, 4) is 0 Å². The quantitative estimate of drug-likeness (QED) is 0.717. The van der Waals surface area contributed by atoms with Gasteiger partial charge in [0.25, 0.3) is 0 Å². The number of carbonyl (C=O) groups is 1. The highest BCUT2D eigenvalue weighted by Crippen LogP contribution is 2.15. The van der Waals surface area contributed by atoms with E-state index in [1.165, 1.54) is 6.26 Å². The van der Waals surface area contributed by atoms with Gasteiger partial charge in [0, 0.05) is 5.56 Å². The molecular formula is C14H14O2. The van der Waals surface area contributed by atoms with Crippen LogP contribution in [0.5, 0.6) is 0 Å². The van der Waals surface area contributed by atoms with Gasteiger partial charge >= 0.3 is 0 Å². The number of furan rings is 1. The first-order valence-electron chi connectivity index (χ1n) is 5.24. The molecule has 0 atom stereocenters. The van der Waals surface area contributed by atoms with Crippen LogP contribution in [0.3, 0.4) is 0 Å². The highest BCUT2D eigenvalue weighted by molar-refractivity contribution is 6.09. The molecule has 2 rings (SSSR count). The standard InChI is InChI=1S/C14H14O2/c1-9-4-10(2)6-12(5-9)14(15)13-7-11(3)16-8-13/h4-8H,1-3H3. The van der Waals surface area contributed by atoms with Crippen molar-refractivity contribution in [3.63, 3.8) is 0 Å². The Labute approximate surface area is 94.9 Å². The summed E-state index contributed by atoms with van der Waals surface area (Å²) in [6, 6.07) is 7.62. The number of hydrogen-bond donors (Lipinski definition) is 0. The summed E-state index contributed by atoms with van der Waals surface area (Å²) >= 11 is 0. The van der Waals surface area contributed by atoms with Crippen molar-refractivity contribution in [2.45, 2.75) is 20.8 Å². The lowest BCUT2D eigenvalue weighted by Crippen LogP contribution is -2.00. The molecule has 0 bridgehead atoms. The molecule has 0 saturated heterocycles. The number of ketones is 1. The van der Waals surface area contributed by atoms with E-state index in [1.807, 2.05) is 32.9 Å². The number of hydrogen-bond acceptors (Lipinski definition) is 2. The minimum atomic E-state index is 0.0173. The van der Waals surface area contributed by atoms with E-state index in [9.17, 15) is 4.79 Å². The van der Waals surface area contributed by atoms with Crippen LogP contribution in [-0.2, 0) is 0 Å². The molecule has 1 heterocycles. The Morgan fingerprint density at radius 2 is 1.56 bits per heavy atom. The van der Waals surface area contributed by atoms with Crippen molar-refractivity contribution >= 4 is 5.78 Å². The Morgan fingerprint density at radius 3 is 2.06 bits per heavy atom. The Kier molecular flexibility index (Phi) is 2.65. The highest BCUT2D eigenvalue weighted by Gasteiger charge is 2.11. The number of rotatable bonds is 2. The van der Waals surface area contributed by atoms with E-state index in [2.05, 4.69) is 6.07 Å². The minimum Gasteiger partial charge on any atom is -0.469 e. The summed E-state index contributed by atoms with van der Waals surface area (Å²) in [5.74, 6) is 0.774. The average Bonchev–Trinajstić information content (AvgIpc) is 2.62. The summed E-state index contributed by atoms with van der Waals surface area (Å²) in [4.78, 5) is 12.1. The van der Waals surface area contributed by atoms with Crippen molar-refractivity contribution < 1.29 is 9.21 Å². The van der Waals surface area contributed by atoms with Crippen molar-refractivity contribution in [1.82, 2.24) is 0 Å². The fourth-order valence-corrected chi connectivity index (χ4v) is 1.83. The summed E-state index contributed by atoms with van der Waals surface area (Å²) in [5.41, 5.74) is 3.54. The van der Waals surface area contributed by atoms with Gasteiger partial charge < -0.3 is 4.42 Å². The third-order valence-corrected chi connectivity index (χ3v) is 2.48. The van der Waals surface area contributed by atoms with Crippen LogP contribution in [0.25, 0.3) is 0 Å². The van der Waals surface area contributed by atoms with Crippen LogP contribution in [0.15, 0.2) is 34.9 Å². The lowest BCUT2D eigenvalue weighted by molar-refractivity contribution is 0.103. The monoisotopic (exact) mass is 214 g/mol. The second-order valence-corrected chi connectivity index (χ2v) is 4.15. The Hall–Kier alpha value is -1.83. The predicted octanol–water partition coefficient (Wildman–Crippen LogP) is 3.44. The number of aryl methyl sites for hydroxylation is 3. The van der Waals surface area contributed by atoms with Crippen molar-refractivity contribution in [2.24, 2.45) is 0 Å². The van der Waals surface area contributed by atoms with E-state index in [-0.39, 0.29) is 5.78 Å².